The second kappa shape index (κ2) is 6.44. The SMILES string of the molecule is Cc1cc(O)c(C(=O)O)cc1S(=O)(=O)NC(C)CC(C)C. The molecule has 0 saturated heterocycles. The number of rotatable bonds is 6. The van der Waals surface area contributed by atoms with Crippen molar-refractivity contribution in [2.75, 3.05) is 0 Å². The fraction of sp³-hybridized carbons (Fsp3) is 0.500. The highest BCUT2D eigenvalue weighted by atomic mass is 32.2. The molecule has 1 aromatic rings. The van der Waals surface area contributed by atoms with Gasteiger partial charge in [-0.1, -0.05) is 13.8 Å². The van der Waals surface area contributed by atoms with Gasteiger partial charge in [0.2, 0.25) is 10.0 Å². The van der Waals surface area contributed by atoms with Gasteiger partial charge in [0, 0.05) is 6.04 Å². The first kappa shape index (κ1) is 17.5. The fourth-order valence-corrected chi connectivity index (χ4v) is 3.73. The third-order valence-electron chi connectivity index (χ3n) is 2.99. The van der Waals surface area contributed by atoms with E-state index in [1.807, 2.05) is 13.8 Å². The highest BCUT2D eigenvalue weighted by molar-refractivity contribution is 7.89. The number of nitrogens with one attached hydrogen (secondary N) is 1. The van der Waals surface area contributed by atoms with Crippen molar-refractivity contribution in [3.63, 3.8) is 0 Å². The number of hydrogen-bond acceptors (Lipinski definition) is 4. The summed E-state index contributed by atoms with van der Waals surface area (Å²) in [4.78, 5) is 10.9. The average Bonchev–Trinajstić information content (AvgIpc) is 2.25. The minimum absolute atomic E-state index is 0.131. The summed E-state index contributed by atoms with van der Waals surface area (Å²) in [5.74, 6) is -1.49. The fourth-order valence-electron chi connectivity index (χ4n) is 2.22. The van der Waals surface area contributed by atoms with Crippen LogP contribution in [-0.4, -0.2) is 30.6 Å². The Bertz CT molecular complexity index is 637. The average molecular weight is 315 g/mol. The third kappa shape index (κ3) is 4.44. The van der Waals surface area contributed by atoms with Crippen LogP contribution in [0, 0.1) is 12.8 Å². The van der Waals surface area contributed by atoms with Crippen LogP contribution in [-0.2, 0) is 10.0 Å². The molecule has 0 heterocycles. The number of carbonyl (C=O) groups is 1. The van der Waals surface area contributed by atoms with E-state index >= 15 is 0 Å². The number of phenols is 1. The minimum atomic E-state index is -3.83. The monoisotopic (exact) mass is 315 g/mol. The number of carboxylic acids is 1. The van der Waals surface area contributed by atoms with Crippen LogP contribution in [0.5, 0.6) is 5.75 Å². The quantitative estimate of drug-likeness (QED) is 0.746. The zero-order valence-electron chi connectivity index (χ0n) is 12.5. The number of hydrogen-bond donors (Lipinski definition) is 3. The number of aryl methyl sites for hydroxylation is 1. The maximum atomic E-state index is 12.3. The van der Waals surface area contributed by atoms with Crippen LogP contribution >= 0.6 is 0 Å². The topological polar surface area (TPSA) is 104 Å². The normalized spacial score (nSPS) is 13.4. The first-order valence-electron chi connectivity index (χ1n) is 6.63. The number of aromatic carboxylic acids is 1. The maximum absolute atomic E-state index is 12.3. The second-order valence-electron chi connectivity index (χ2n) is 5.59. The van der Waals surface area contributed by atoms with Crippen LogP contribution in [0.2, 0.25) is 0 Å². The molecule has 0 aliphatic heterocycles. The highest BCUT2D eigenvalue weighted by Crippen LogP contribution is 2.25. The molecule has 6 nitrogen and oxygen atoms in total. The molecule has 1 aromatic carbocycles. The molecule has 0 radical (unpaired) electrons. The van der Waals surface area contributed by atoms with Crippen molar-refractivity contribution in [1.82, 2.24) is 4.72 Å². The number of sulfonamides is 1. The van der Waals surface area contributed by atoms with Gasteiger partial charge in [0.15, 0.2) is 0 Å². The highest BCUT2D eigenvalue weighted by Gasteiger charge is 2.23. The number of aromatic hydroxyl groups is 1. The van der Waals surface area contributed by atoms with Crippen LogP contribution < -0.4 is 4.72 Å². The molecular weight excluding hydrogens is 294 g/mol. The van der Waals surface area contributed by atoms with Crippen molar-refractivity contribution in [2.24, 2.45) is 5.92 Å². The second-order valence-corrected chi connectivity index (χ2v) is 7.27. The molecule has 0 aliphatic rings. The van der Waals surface area contributed by atoms with Crippen molar-refractivity contribution in [2.45, 2.75) is 45.1 Å². The summed E-state index contributed by atoms with van der Waals surface area (Å²) >= 11 is 0. The van der Waals surface area contributed by atoms with Crippen molar-refractivity contribution in [3.8, 4) is 5.75 Å². The van der Waals surface area contributed by atoms with Crippen molar-refractivity contribution in [1.29, 1.82) is 0 Å². The largest absolute Gasteiger partial charge is 0.507 e. The van der Waals surface area contributed by atoms with Gasteiger partial charge in [-0.05, 0) is 43.9 Å². The van der Waals surface area contributed by atoms with Gasteiger partial charge in [0.05, 0.1) is 4.90 Å². The van der Waals surface area contributed by atoms with Crippen LogP contribution in [0.25, 0.3) is 0 Å². The molecule has 0 spiro atoms. The summed E-state index contributed by atoms with van der Waals surface area (Å²) in [6.07, 6.45) is 0.669. The van der Waals surface area contributed by atoms with E-state index < -0.39 is 27.3 Å². The van der Waals surface area contributed by atoms with Crippen LogP contribution in [0.1, 0.15) is 43.1 Å². The lowest BCUT2D eigenvalue weighted by Crippen LogP contribution is -2.34. The predicted octanol–water partition coefficient (Wildman–Crippen LogP) is 2.11. The Hall–Kier alpha value is -1.60. The molecule has 0 aromatic heterocycles. The summed E-state index contributed by atoms with van der Waals surface area (Å²) in [5.41, 5.74) is -0.140. The Balaban J connectivity index is 3.19. The van der Waals surface area contributed by atoms with E-state index in [0.29, 0.717) is 17.9 Å². The van der Waals surface area contributed by atoms with Crippen LogP contribution in [0.4, 0.5) is 0 Å². The van der Waals surface area contributed by atoms with Crippen molar-refractivity contribution >= 4 is 16.0 Å². The lowest BCUT2D eigenvalue weighted by Gasteiger charge is -2.17. The van der Waals surface area contributed by atoms with Gasteiger partial charge in [-0.2, -0.15) is 0 Å². The first-order valence-corrected chi connectivity index (χ1v) is 8.12. The standard InChI is InChI=1S/C14H21NO5S/c1-8(2)5-10(4)15-21(19,20)13-7-11(14(17)18)12(16)6-9(13)3/h6-8,10,15-16H,5H2,1-4H3,(H,17,18). The molecule has 1 unspecified atom stereocenters. The van der Waals surface area contributed by atoms with Gasteiger partial charge in [-0.3, -0.25) is 0 Å². The smallest absolute Gasteiger partial charge is 0.339 e. The van der Waals surface area contributed by atoms with Gasteiger partial charge in [0.1, 0.15) is 11.3 Å². The van der Waals surface area contributed by atoms with Gasteiger partial charge >= 0.3 is 5.97 Å². The van der Waals surface area contributed by atoms with E-state index in [-0.39, 0.29) is 10.9 Å². The Morgan fingerprint density at radius 1 is 1.29 bits per heavy atom. The molecule has 118 valence electrons. The van der Waals surface area contributed by atoms with Crippen LogP contribution in [0.3, 0.4) is 0 Å². The zero-order chi connectivity index (χ0) is 16.4. The summed E-state index contributed by atoms with van der Waals surface area (Å²) in [6, 6.07) is 1.86. The first-order chi connectivity index (χ1) is 9.54. The minimum Gasteiger partial charge on any atom is -0.507 e. The molecule has 0 saturated carbocycles. The van der Waals surface area contributed by atoms with E-state index in [2.05, 4.69) is 4.72 Å². The molecule has 0 aliphatic carbocycles. The molecule has 1 atom stereocenters. The Labute approximate surface area is 124 Å². The predicted molar refractivity (Wildman–Crippen MR) is 79.0 cm³/mol. The molecule has 7 heteroatoms. The molecule has 0 bridgehead atoms. The number of carboxylic acid groups (broad SMARTS) is 1. The van der Waals surface area contributed by atoms with Crippen LogP contribution in [0.15, 0.2) is 17.0 Å². The number of benzene rings is 1. The maximum Gasteiger partial charge on any atom is 0.339 e. The summed E-state index contributed by atoms with van der Waals surface area (Å²) in [5, 5.41) is 18.5. The van der Waals surface area contributed by atoms with Gasteiger partial charge in [0.25, 0.3) is 0 Å². The van der Waals surface area contributed by atoms with Crippen molar-refractivity contribution < 1.29 is 23.4 Å². The lowest BCUT2D eigenvalue weighted by atomic mass is 10.1. The van der Waals surface area contributed by atoms with E-state index in [1.54, 1.807) is 6.92 Å². The lowest BCUT2D eigenvalue weighted by molar-refractivity contribution is 0.0693. The molecule has 1 rings (SSSR count). The Morgan fingerprint density at radius 2 is 1.86 bits per heavy atom. The summed E-state index contributed by atoms with van der Waals surface area (Å²) < 4.78 is 27.2. The summed E-state index contributed by atoms with van der Waals surface area (Å²) in [7, 11) is -3.83. The molecule has 0 amide bonds. The third-order valence-corrected chi connectivity index (χ3v) is 4.73. The molecule has 3 N–H and O–H groups in total. The molecule has 21 heavy (non-hydrogen) atoms. The Morgan fingerprint density at radius 3 is 2.33 bits per heavy atom. The van der Waals surface area contributed by atoms with Gasteiger partial charge in [-0.15, -0.1) is 0 Å². The van der Waals surface area contributed by atoms with Crippen molar-refractivity contribution in [3.05, 3.63) is 23.3 Å². The Kier molecular flexibility index (Phi) is 5.36. The van der Waals surface area contributed by atoms with E-state index in [9.17, 15) is 18.3 Å². The van der Waals surface area contributed by atoms with E-state index in [1.165, 1.54) is 6.92 Å². The van der Waals surface area contributed by atoms with Gasteiger partial charge in [-0.25, -0.2) is 17.9 Å². The molecular formula is C14H21NO5S. The summed E-state index contributed by atoms with van der Waals surface area (Å²) in [6.45, 7) is 7.23. The van der Waals surface area contributed by atoms with E-state index in [0.717, 1.165) is 12.1 Å². The van der Waals surface area contributed by atoms with E-state index in [4.69, 9.17) is 5.11 Å². The zero-order valence-corrected chi connectivity index (χ0v) is 13.4. The van der Waals surface area contributed by atoms with Gasteiger partial charge < -0.3 is 10.2 Å². The molecule has 0 fully saturated rings.